The van der Waals surface area contributed by atoms with E-state index in [-0.39, 0.29) is 5.91 Å². The van der Waals surface area contributed by atoms with Gasteiger partial charge < -0.3 is 14.8 Å². The van der Waals surface area contributed by atoms with Crippen LogP contribution in [0.15, 0.2) is 54.6 Å². The summed E-state index contributed by atoms with van der Waals surface area (Å²) in [7, 11) is 2.77. The van der Waals surface area contributed by atoms with Crippen molar-refractivity contribution in [2.75, 3.05) is 14.2 Å². The third-order valence-electron chi connectivity index (χ3n) is 3.73. The number of hydrogen-bond donors (Lipinski definition) is 1. The molecule has 5 nitrogen and oxygen atoms in total. The third-order valence-corrected chi connectivity index (χ3v) is 4.45. The second kappa shape index (κ2) is 9.53. The molecule has 0 aliphatic carbocycles. The summed E-state index contributed by atoms with van der Waals surface area (Å²) in [5.41, 5.74) is 1.66. The number of amides is 1. The van der Waals surface area contributed by atoms with Crippen molar-refractivity contribution >= 4 is 34.5 Å². The summed E-state index contributed by atoms with van der Waals surface area (Å²) in [4.78, 5) is 24.7. The van der Waals surface area contributed by atoms with Crippen LogP contribution in [-0.4, -0.2) is 32.1 Å². The highest BCUT2D eigenvalue weighted by Crippen LogP contribution is 2.17. The molecule has 0 fully saturated rings. The normalized spacial score (nSPS) is 12.9. The monoisotopic (exact) mass is 453 g/mol. The minimum atomic E-state index is -0.787. The first-order valence-electron chi connectivity index (χ1n) is 7.75. The van der Waals surface area contributed by atoms with Gasteiger partial charge in [0.05, 0.1) is 7.11 Å². The van der Waals surface area contributed by atoms with Crippen LogP contribution < -0.4 is 5.32 Å². The maximum atomic E-state index is 12.6. The SMILES string of the molecule is COC(=O)[C@H](Cc1ccc(I)cc1)NC(=O)[C@@H](OC)c1ccccc1. The molecule has 0 spiro atoms. The van der Waals surface area contributed by atoms with Crippen LogP contribution in [0.3, 0.4) is 0 Å². The van der Waals surface area contributed by atoms with Gasteiger partial charge in [-0.3, -0.25) is 4.79 Å². The van der Waals surface area contributed by atoms with Crippen LogP contribution in [0.1, 0.15) is 17.2 Å². The first kappa shape index (κ1) is 19.4. The number of ether oxygens (including phenoxy) is 2. The Balaban J connectivity index is 2.13. The topological polar surface area (TPSA) is 64.6 Å². The lowest BCUT2D eigenvalue weighted by molar-refractivity contribution is -0.146. The van der Waals surface area contributed by atoms with E-state index in [1.807, 2.05) is 42.5 Å². The van der Waals surface area contributed by atoms with Crippen LogP contribution >= 0.6 is 22.6 Å². The van der Waals surface area contributed by atoms with E-state index >= 15 is 0 Å². The van der Waals surface area contributed by atoms with Gasteiger partial charge in [0.1, 0.15) is 6.04 Å². The number of benzene rings is 2. The largest absolute Gasteiger partial charge is 0.467 e. The molecular formula is C19H20INO4. The van der Waals surface area contributed by atoms with E-state index in [0.29, 0.717) is 6.42 Å². The predicted octanol–water partition coefficient (Wildman–Crippen LogP) is 2.88. The molecule has 25 heavy (non-hydrogen) atoms. The summed E-state index contributed by atoms with van der Waals surface area (Å²) in [6.07, 6.45) is -0.439. The van der Waals surface area contributed by atoms with Crippen LogP contribution in [0, 0.1) is 3.57 Å². The molecule has 0 aromatic heterocycles. The van der Waals surface area contributed by atoms with Crippen molar-refractivity contribution in [2.45, 2.75) is 18.6 Å². The number of carbonyl (C=O) groups excluding carboxylic acids is 2. The number of halogens is 1. The minimum absolute atomic E-state index is 0.348. The van der Waals surface area contributed by atoms with E-state index in [2.05, 4.69) is 27.9 Å². The maximum absolute atomic E-state index is 12.6. The number of esters is 1. The molecule has 0 bridgehead atoms. The lowest BCUT2D eigenvalue weighted by Crippen LogP contribution is -2.45. The average molecular weight is 453 g/mol. The molecule has 2 aromatic rings. The van der Waals surface area contributed by atoms with Crippen LogP contribution in [0.2, 0.25) is 0 Å². The number of hydrogen-bond acceptors (Lipinski definition) is 4. The van der Waals surface area contributed by atoms with E-state index in [9.17, 15) is 9.59 Å². The zero-order valence-electron chi connectivity index (χ0n) is 14.1. The van der Waals surface area contributed by atoms with Crippen molar-refractivity contribution in [1.82, 2.24) is 5.32 Å². The lowest BCUT2D eigenvalue weighted by atomic mass is 10.0. The molecule has 2 rings (SSSR count). The molecule has 0 saturated heterocycles. The quantitative estimate of drug-likeness (QED) is 0.518. The Labute approximate surface area is 160 Å². The van der Waals surface area contributed by atoms with Crippen molar-refractivity contribution in [2.24, 2.45) is 0 Å². The van der Waals surface area contributed by atoms with Gasteiger partial charge in [0.15, 0.2) is 6.10 Å². The fourth-order valence-corrected chi connectivity index (χ4v) is 2.82. The number of carbonyl (C=O) groups is 2. The van der Waals surface area contributed by atoms with Crippen LogP contribution in [0.5, 0.6) is 0 Å². The molecule has 0 heterocycles. The van der Waals surface area contributed by atoms with Crippen molar-refractivity contribution in [3.8, 4) is 0 Å². The van der Waals surface area contributed by atoms with E-state index in [0.717, 1.165) is 14.7 Å². The molecule has 0 aliphatic heterocycles. The van der Waals surface area contributed by atoms with E-state index < -0.39 is 18.1 Å². The molecule has 1 N–H and O–H groups in total. The highest BCUT2D eigenvalue weighted by atomic mass is 127. The van der Waals surface area contributed by atoms with Gasteiger partial charge in [-0.2, -0.15) is 0 Å². The van der Waals surface area contributed by atoms with Gasteiger partial charge >= 0.3 is 5.97 Å². The molecule has 6 heteroatoms. The van der Waals surface area contributed by atoms with Crippen molar-refractivity contribution in [3.63, 3.8) is 0 Å². The fourth-order valence-electron chi connectivity index (χ4n) is 2.46. The summed E-state index contributed by atoms with van der Waals surface area (Å²) in [6.45, 7) is 0. The molecule has 1 amide bonds. The zero-order chi connectivity index (χ0) is 18.2. The van der Waals surface area contributed by atoms with E-state index in [1.54, 1.807) is 12.1 Å². The summed E-state index contributed by atoms with van der Waals surface area (Å²) in [5, 5.41) is 2.74. The van der Waals surface area contributed by atoms with Gasteiger partial charge in [0.25, 0.3) is 5.91 Å². The van der Waals surface area contributed by atoms with Gasteiger partial charge in [-0.1, -0.05) is 42.5 Å². The highest BCUT2D eigenvalue weighted by molar-refractivity contribution is 14.1. The van der Waals surface area contributed by atoms with Gasteiger partial charge in [-0.15, -0.1) is 0 Å². The van der Waals surface area contributed by atoms with Crippen molar-refractivity contribution < 1.29 is 19.1 Å². The summed E-state index contributed by atoms with van der Waals surface area (Å²) >= 11 is 2.21. The first-order valence-corrected chi connectivity index (χ1v) is 8.83. The van der Waals surface area contributed by atoms with Crippen LogP contribution in [0.25, 0.3) is 0 Å². The summed E-state index contributed by atoms with van der Waals surface area (Å²) < 4.78 is 11.2. The molecule has 132 valence electrons. The minimum Gasteiger partial charge on any atom is -0.467 e. The molecule has 0 radical (unpaired) electrons. The van der Waals surface area contributed by atoms with Crippen LogP contribution in [-0.2, 0) is 25.5 Å². The smallest absolute Gasteiger partial charge is 0.328 e. The second-order valence-corrected chi connectivity index (χ2v) is 6.69. The Morgan fingerprint density at radius 2 is 1.68 bits per heavy atom. The lowest BCUT2D eigenvalue weighted by Gasteiger charge is -2.21. The van der Waals surface area contributed by atoms with Crippen molar-refractivity contribution in [1.29, 1.82) is 0 Å². The molecule has 0 saturated carbocycles. The fraction of sp³-hybridized carbons (Fsp3) is 0.263. The Bertz CT molecular complexity index is 703. The summed E-state index contributed by atoms with van der Waals surface area (Å²) in [6, 6.07) is 16.1. The number of rotatable bonds is 7. The van der Waals surface area contributed by atoms with Gasteiger partial charge in [-0.25, -0.2) is 4.79 Å². The maximum Gasteiger partial charge on any atom is 0.328 e. The van der Waals surface area contributed by atoms with Gasteiger partial charge in [0.2, 0.25) is 0 Å². The molecule has 0 unspecified atom stereocenters. The Hall–Kier alpha value is -1.93. The Morgan fingerprint density at radius 1 is 1.04 bits per heavy atom. The van der Waals surface area contributed by atoms with E-state index in [1.165, 1.54) is 14.2 Å². The highest BCUT2D eigenvalue weighted by Gasteiger charge is 2.27. The average Bonchev–Trinajstić information content (AvgIpc) is 2.64. The first-order chi connectivity index (χ1) is 12.0. The number of methoxy groups -OCH3 is 2. The molecular weight excluding hydrogens is 433 g/mol. The Kier molecular flexibility index (Phi) is 7.39. The van der Waals surface area contributed by atoms with Crippen molar-refractivity contribution in [3.05, 3.63) is 69.3 Å². The molecule has 2 aromatic carbocycles. The second-order valence-electron chi connectivity index (χ2n) is 5.44. The number of nitrogens with one attached hydrogen (secondary N) is 1. The molecule has 2 atom stereocenters. The summed E-state index contributed by atoms with van der Waals surface area (Å²) in [5.74, 6) is -0.871. The van der Waals surface area contributed by atoms with Gasteiger partial charge in [0, 0.05) is 17.1 Å². The zero-order valence-corrected chi connectivity index (χ0v) is 16.2. The third kappa shape index (κ3) is 5.54. The predicted molar refractivity (Wildman–Crippen MR) is 103 cm³/mol. The van der Waals surface area contributed by atoms with E-state index in [4.69, 9.17) is 9.47 Å². The van der Waals surface area contributed by atoms with Crippen LogP contribution in [0.4, 0.5) is 0 Å². The Morgan fingerprint density at radius 3 is 2.24 bits per heavy atom. The molecule has 0 aliphatic rings. The van der Waals surface area contributed by atoms with Gasteiger partial charge in [-0.05, 0) is 45.9 Å². The standard InChI is InChI=1S/C19H20INO4/c1-24-17(14-6-4-3-5-7-14)18(22)21-16(19(23)25-2)12-13-8-10-15(20)11-9-13/h3-11,16-17H,12H2,1-2H3,(H,21,22)/t16-,17-/m0/s1.